The number of halogens is 1. The number of methoxy groups -OCH3 is 1. The van der Waals surface area contributed by atoms with Crippen LogP contribution >= 0.6 is 15.9 Å². The van der Waals surface area contributed by atoms with Crippen LogP contribution in [0.15, 0.2) is 70.2 Å². The summed E-state index contributed by atoms with van der Waals surface area (Å²) in [5, 5.41) is 15.7. The molecule has 1 amide bonds. The number of carbonyl (C=O) groups is 2. The van der Waals surface area contributed by atoms with Gasteiger partial charge >= 0.3 is 11.7 Å². The molecule has 0 aliphatic carbocycles. The number of rotatable bonds is 11. The number of nitro benzene ring substituents is 1. The topological polar surface area (TPSA) is 129 Å². The average molecular weight is 641 g/mol. The molecule has 42 heavy (non-hydrogen) atoms. The van der Waals surface area contributed by atoms with Crippen LogP contribution in [0.25, 0.3) is 0 Å². The molecule has 0 radical (unpaired) electrons. The fourth-order valence-corrected chi connectivity index (χ4v) is 5.01. The monoisotopic (exact) mass is 639 g/mol. The summed E-state index contributed by atoms with van der Waals surface area (Å²) < 4.78 is 17.0. The molecule has 11 heteroatoms. The summed E-state index contributed by atoms with van der Waals surface area (Å²) in [6.07, 6.45) is 2.19. The zero-order valence-electron chi connectivity index (χ0n) is 24.4. The Labute approximate surface area is 253 Å². The summed E-state index contributed by atoms with van der Waals surface area (Å²) in [5.74, 6) is -0.659. The number of carbonyl (C=O) groups excluding carboxylic acids is 2. The minimum atomic E-state index is -0.607. The first-order valence-corrected chi connectivity index (χ1v) is 13.9. The van der Waals surface area contributed by atoms with Gasteiger partial charge in [0.15, 0.2) is 23.9 Å². The van der Waals surface area contributed by atoms with E-state index in [0.29, 0.717) is 16.9 Å². The maximum absolute atomic E-state index is 12.5. The lowest BCUT2D eigenvalue weighted by molar-refractivity contribution is -0.385. The van der Waals surface area contributed by atoms with Crippen LogP contribution in [0.4, 0.5) is 5.69 Å². The normalized spacial score (nSPS) is 11.7. The van der Waals surface area contributed by atoms with E-state index in [-0.39, 0.29) is 28.0 Å². The second-order valence-corrected chi connectivity index (χ2v) is 12.4. The van der Waals surface area contributed by atoms with Gasteiger partial charge in [0.25, 0.3) is 5.91 Å². The van der Waals surface area contributed by atoms with Crippen molar-refractivity contribution in [3.63, 3.8) is 0 Å². The lowest BCUT2D eigenvalue weighted by Gasteiger charge is -2.33. The predicted octanol–water partition coefficient (Wildman–Crippen LogP) is 6.83. The second kappa shape index (κ2) is 13.6. The Morgan fingerprint density at radius 1 is 1.00 bits per heavy atom. The van der Waals surface area contributed by atoms with Crippen LogP contribution in [-0.2, 0) is 10.2 Å². The van der Waals surface area contributed by atoms with E-state index in [0.717, 1.165) is 16.5 Å². The minimum absolute atomic E-state index is 0.00725. The summed E-state index contributed by atoms with van der Waals surface area (Å²) in [4.78, 5) is 36.0. The Balaban J connectivity index is 1.61. The van der Waals surface area contributed by atoms with Gasteiger partial charge in [-0.05, 0) is 70.8 Å². The number of ether oxygens (including phenoxy) is 3. The molecule has 0 bridgehead atoms. The van der Waals surface area contributed by atoms with Gasteiger partial charge in [-0.1, -0.05) is 62.7 Å². The first kappa shape index (κ1) is 32.3. The summed E-state index contributed by atoms with van der Waals surface area (Å²) in [6.45, 7) is 9.98. The van der Waals surface area contributed by atoms with Crippen molar-refractivity contribution in [1.29, 1.82) is 0 Å². The molecule has 0 saturated heterocycles. The fourth-order valence-electron chi connectivity index (χ4n) is 4.61. The number of hydrogen-bond donors (Lipinski definition) is 1. The van der Waals surface area contributed by atoms with Crippen molar-refractivity contribution in [2.24, 2.45) is 10.5 Å². The SMILES string of the molecule is COc1cc(/C=N/NC(=O)COc2ccc(C(C)(C)CC(C)(C)C)cc2[N+](=O)[O-])ccc1OC(=O)c1cccc(Br)c1. The molecule has 222 valence electrons. The van der Waals surface area contributed by atoms with E-state index >= 15 is 0 Å². The summed E-state index contributed by atoms with van der Waals surface area (Å²) in [5.41, 5.74) is 3.59. The molecule has 0 heterocycles. The average Bonchev–Trinajstić information content (AvgIpc) is 2.91. The molecule has 0 aliphatic rings. The quantitative estimate of drug-likeness (QED) is 0.0800. The third-order valence-electron chi connectivity index (χ3n) is 6.12. The molecule has 0 spiro atoms. The fraction of sp³-hybridized carbons (Fsp3) is 0.323. The largest absolute Gasteiger partial charge is 0.493 e. The van der Waals surface area contributed by atoms with Crippen molar-refractivity contribution in [2.45, 2.75) is 46.5 Å². The summed E-state index contributed by atoms with van der Waals surface area (Å²) in [6, 6.07) is 16.4. The highest BCUT2D eigenvalue weighted by Gasteiger charge is 2.30. The van der Waals surface area contributed by atoms with Gasteiger partial charge < -0.3 is 14.2 Å². The van der Waals surface area contributed by atoms with Crippen molar-refractivity contribution in [2.75, 3.05) is 13.7 Å². The lowest BCUT2D eigenvalue weighted by atomic mass is 9.72. The van der Waals surface area contributed by atoms with E-state index < -0.39 is 23.4 Å². The first-order chi connectivity index (χ1) is 19.7. The van der Waals surface area contributed by atoms with Crippen LogP contribution in [0.3, 0.4) is 0 Å². The van der Waals surface area contributed by atoms with Gasteiger partial charge in [0, 0.05) is 10.5 Å². The van der Waals surface area contributed by atoms with Gasteiger partial charge in [0.2, 0.25) is 0 Å². The molecule has 1 N–H and O–H groups in total. The van der Waals surface area contributed by atoms with Crippen LogP contribution < -0.4 is 19.6 Å². The van der Waals surface area contributed by atoms with Crippen LogP contribution in [0.1, 0.15) is 62.5 Å². The Kier molecular flexibility index (Phi) is 10.5. The first-order valence-electron chi connectivity index (χ1n) is 13.1. The van der Waals surface area contributed by atoms with Crippen LogP contribution in [0, 0.1) is 15.5 Å². The lowest BCUT2D eigenvalue weighted by Crippen LogP contribution is -2.26. The zero-order chi connectivity index (χ0) is 31.1. The van der Waals surface area contributed by atoms with Crippen molar-refractivity contribution >= 4 is 39.7 Å². The molecular weight excluding hydrogens is 606 g/mol. The minimum Gasteiger partial charge on any atom is -0.493 e. The Bertz CT molecular complexity index is 1500. The van der Waals surface area contributed by atoms with Gasteiger partial charge in [-0.15, -0.1) is 0 Å². The van der Waals surface area contributed by atoms with Crippen molar-refractivity contribution in [3.8, 4) is 17.2 Å². The smallest absolute Gasteiger partial charge is 0.343 e. The Morgan fingerprint density at radius 3 is 2.36 bits per heavy atom. The predicted molar refractivity (Wildman–Crippen MR) is 164 cm³/mol. The van der Waals surface area contributed by atoms with E-state index in [1.807, 2.05) is 13.8 Å². The highest BCUT2D eigenvalue weighted by Crippen LogP contribution is 2.39. The third kappa shape index (κ3) is 9.13. The maximum atomic E-state index is 12.5. The van der Waals surface area contributed by atoms with E-state index in [2.05, 4.69) is 47.2 Å². The molecule has 3 aromatic carbocycles. The molecule has 0 atom stereocenters. The van der Waals surface area contributed by atoms with Gasteiger partial charge in [-0.3, -0.25) is 14.9 Å². The molecule has 0 aliphatic heterocycles. The van der Waals surface area contributed by atoms with Gasteiger partial charge in [-0.2, -0.15) is 5.10 Å². The second-order valence-electron chi connectivity index (χ2n) is 11.5. The van der Waals surface area contributed by atoms with Gasteiger partial charge in [0.1, 0.15) is 0 Å². The van der Waals surface area contributed by atoms with Gasteiger partial charge in [-0.25, -0.2) is 10.2 Å². The number of hydrogen-bond acceptors (Lipinski definition) is 8. The summed E-state index contributed by atoms with van der Waals surface area (Å²) >= 11 is 3.32. The number of nitrogens with zero attached hydrogens (tertiary/aromatic N) is 2. The van der Waals surface area contributed by atoms with Crippen molar-refractivity contribution in [3.05, 3.63) is 91.9 Å². The van der Waals surface area contributed by atoms with Gasteiger partial charge in [0.05, 0.1) is 23.8 Å². The van der Waals surface area contributed by atoms with E-state index in [4.69, 9.17) is 14.2 Å². The molecule has 0 saturated carbocycles. The summed E-state index contributed by atoms with van der Waals surface area (Å²) in [7, 11) is 1.43. The van der Waals surface area contributed by atoms with Crippen LogP contribution in [0.5, 0.6) is 17.2 Å². The molecule has 0 unspecified atom stereocenters. The van der Waals surface area contributed by atoms with Crippen LogP contribution in [0.2, 0.25) is 0 Å². The number of nitro groups is 1. The van der Waals surface area contributed by atoms with E-state index in [1.165, 1.54) is 25.5 Å². The van der Waals surface area contributed by atoms with E-state index in [1.54, 1.807) is 48.5 Å². The Morgan fingerprint density at radius 2 is 1.71 bits per heavy atom. The third-order valence-corrected chi connectivity index (χ3v) is 6.61. The molecule has 10 nitrogen and oxygen atoms in total. The zero-order valence-corrected chi connectivity index (χ0v) is 26.0. The van der Waals surface area contributed by atoms with E-state index in [9.17, 15) is 19.7 Å². The molecule has 3 rings (SSSR count). The number of benzene rings is 3. The number of amides is 1. The molecular formula is C31H34BrN3O7. The number of nitrogens with one attached hydrogen (secondary N) is 1. The number of esters is 1. The standard InChI is InChI=1S/C31H34BrN3O7/c1-30(2,3)19-31(4,5)22-11-13-25(24(16-22)35(38)39)41-18-28(36)34-33-17-20-10-12-26(27(14-20)40-6)42-29(37)21-8-7-9-23(32)15-21/h7-17H,18-19H2,1-6H3,(H,34,36)/b33-17+. The number of hydrazone groups is 1. The van der Waals surface area contributed by atoms with Crippen molar-refractivity contribution < 1.29 is 28.7 Å². The highest BCUT2D eigenvalue weighted by atomic mass is 79.9. The van der Waals surface area contributed by atoms with Crippen molar-refractivity contribution in [1.82, 2.24) is 5.43 Å². The molecule has 3 aromatic rings. The van der Waals surface area contributed by atoms with Crippen LogP contribution in [-0.4, -0.2) is 36.7 Å². The Hall–Kier alpha value is -4.25. The molecule has 0 fully saturated rings. The molecule has 0 aromatic heterocycles. The maximum Gasteiger partial charge on any atom is 0.343 e. The highest BCUT2D eigenvalue weighted by molar-refractivity contribution is 9.10.